The molecule has 0 saturated carbocycles. The highest BCUT2D eigenvalue weighted by molar-refractivity contribution is 7.13. The summed E-state index contributed by atoms with van der Waals surface area (Å²) >= 11 is 1.29. The monoisotopic (exact) mass is 577 g/mol. The highest BCUT2D eigenvalue weighted by Crippen LogP contribution is 2.30. The van der Waals surface area contributed by atoms with Gasteiger partial charge in [0, 0.05) is 23.0 Å². The van der Waals surface area contributed by atoms with Crippen LogP contribution in [0.25, 0.3) is 0 Å². The Morgan fingerprint density at radius 1 is 0.975 bits per heavy atom. The van der Waals surface area contributed by atoms with E-state index in [1.165, 1.54) is 42.6 Å². The van der Waals surface area contributed by atoms with Gasteiger partial charge in [0.15, 0.2) is 0 Å². The van der Waals surface area contributed by atoms with Crippen LogP contribution in [0.1, 0.15) is 78.4 Å². The second-order valence-electron chi connectivity index (χ2n) is 10.5. The van der Waals surface area contributed by atoms with E-state index < -0.39 is 43.6 Å². The summed E-state index contributed by atoms with van der Waals surface area (Å²) in [6.07, 6.45) is 3.01. The molecule has 1 fully saturated rings. The van der Waals surface area contributed by atoms with Crippen LogP contribution in [0.5, 0.6) is 0 Å². The van der Waals surface area contributed by atoms with E-state index in [-0.39, 0.29) is 11.9 Å². The van der Waals surface area contributed by atoms with Crippen molar-refractivity contribution in [3.63, 3.8) is 0 Å². The fraction of sp³-hybridized carbons (Fsp3) is 0.600. The van der Waals surface area contributed by atoms with Crippen molar-refractivity contribution in [2.45, 2.75) is 102 Å². The van der Waals surface area contributed by atoms with Gasteiger partial charge in [0.25, 0.3) is 0 Å². The topological polar surface area (TPSA) is 148 Å². The zero-order chi connectivity index (χ0) is 29.1. The molecule has 1 aliphatic rings. The normalized spacial score (nSPS) is 18.5. The number of nitrogens with zero attached hydrogens (tertiary/aromatic N) is 1. The third-order valence-corrected chi connectivity index (χ3v) is 8.52. The summed E-state index contributed by atoms with van der Waals surface area (Å²) in [7, 11) is 0. The Balaban J connectivity index is 1.45. The Labute approximate surface area is 240 Å². The van der Waals surface area contributed by atoms with Crippen molar-refractivity contribution < 1.29 is 39.9 Å². The maximum absolute atomic E-state index is 12.7. The molecule has 1 aromatic heterocycles. The molecular formula is C30H43NO8S. The number of esters is 1. The molecule has 9 nitrogen and oxygen atoms in total. The third kappa shape index (κ3) is 9.09. The Morgan fingerprint density at radius 3 is 2.40 bits per heavy atom. The molecule has 2 heterocycles. The molecule has 1 amide bonds. The van der Waals surface area contributed by atoms with Gasteiger partial charge in [0.1, 0.15) is 35.9 Å². The number of unbranched alkanes of at least 4 members (excludes halogenated alkanes) is 3. The van der Waals surface area contributed by atoms with Gasteiger partial charge in [-0.25, -0.2) is 4.79 Å². The maximum Gasteiger partial charge on any atom is 0.348 e. The second kappa shape index (κ2) is 16.2. The van der Waals surface area contributed by atoms with E-state index in [1.54, 1.807) is 6.07 Å². The first-order valence-electron chi connectivity index (χ1n) is 14.2. The molecule has 10 heteroatoms. The van der Waals surface area contributed by atoms with Crippen LogP contribution in [0, 0.1) is 0 Å². The van der Waals surface area contributed by atoms with Gasteiger partial charge in [-0.05, 0) is 68.4 Å². The van der Waals surface area contributed by atoms with Gasteiger partial charge >= 0.3 is 5.97 Å². The molecule has 222 valence electrons. The summed E-state index contributed by atoms with van der Waals surface area (Å²) in [6, 6.07) is 12.0. The predicted molar refractivity (Wildman–Crippen MR) is 153 cm³/mol. The van der Waals surface area contributed by atoms with Crippen molar-refractivity contribution in [1.82, 2.24) is 0 Å². The number of carbonyl (C=O) groups excluding carboxylic acids is 2. The number of rotatable bonds is 17. The largest absolute Gasteiger partial charge is 0.459 e. The lowest BCUT2D eigenvalue weighted by Crippen LogP contribution is -2.47. The zero-order valence-electron chi connectivity index (χ0n) is 23.2. The third-order valence-electron chi connectivity index (χ3n) is 7.39. The first-order chi connectivity index (χ1) is 19.2. The van der Waals surface area contributed by atoms with E-state index in [1.807, 2.05) is 11.0 Å². The molecule has 5 N–H and O–H groups in total. The van der Waals surface area contributed by atoms with Crippen LogP contribution < -0.4 is 4.90 Å². The van der Waals surface area contributed by atoms with E-state index >= 15 is 0 Å². The van der Waals surface area contributed by atoms with Crippen LogP contribution >= 0.6 is 11.3 Å². The Bertz CT molecular complexity index is 1060. The molecule has 0 spiro atoms. The van der Waals surface area contributed by atoms with Gasteiger partial charge in [-0.1, -0.05) is 38.3 Å². The lowest BCUT2D eigenvalue weighted by atomic mass is 10.0. The van der Waals surface area contributed by atoms with Crippen LogP contribution in [0.4, 0.5) is 5.69 Å². The fourth-order valence-corrected chi connectivity index (χ4v) is 5.92. The van der Waals surface area contributed by atoms with Crippen LogP contribution in [0.2, 0.25) is 0 Å². The number of hydrogen-bond acceptors (Lipinski definition) is 9. The second-order valence-corrected chi connectivity index (χ2v) is 11.7. The highest BCUT2D eigenvalue weighted by atomic mass is 32.1. The van der Waals surface area contributed by atoms with Crippen molar-refractivity contribution in [2.75, 3.05) is 18.1 Å². The molecule has 2 aromatic rings. The number of carbonyl (C=O) groups is 2. The Hall–Kier alpha value is -2.34. The summed E-state index contributed by atoms with van der Waals surface area (Å²) in [5.74, 6) is -0.506. The van der Waals surface area contributed by atoms with E-state index in [4.69, 9.17) is 9.84 Å². The molecule has 5 atom stereocenters. The number of anilines is 1. The smallest absolute Gasteiger partial charge is 0.348 e. The number of hydrogen-bond donors (Lipinski definition) is 5. The lowest BCUT2D eigenvalue weighted by molar-refractivity contribution is -0.124. The van der Waals surface area contributed by atoms with E-state index in [2.05, 4.69) is 31.2 Å². The minimum Gasteiger partial charge on any atom is -0.459 e. The SMILES string of the molecule is CCCCCCc1ccc(N2C(=O)CC[C@@H]2CCCc2ccc(C(=O)OC[C@@H](O)[C@@H](O)[C@H](O)[C@H](O)CO)s2)cc1. The van der Waals surface area contributed by atoms with Crippen LogP contribution in [-0.4, -0.2) is 81.1 Å². The van der Waals surface area contributed by atoms with Crippen LogP contribution in [-0.2, 0) is 22.4 Å². The molecule has 0 bridgehead atoms. The first-order valence-corrected chi connectivity index (χ1v) is 15.1. The van der Waals surface area contributed by atoms with E-state index in [0.717, 1.165) is 42.7 Å². The summed E-state index contributed by atoms with van der Waals surface area (Å²) in [6.45, 7) is 0.846. The number of aryl methyl sites for hydroxylation is 2. The summed E-state index contributed by atoms with van der Waals surface area (Å²) in [4.78, 5) is 28.3. The number of benzene rings is 1. The van der Waals surface area contributed by atoms with Crippen molar-refractivity contribution >= 4 is 28.9 Å². The number of aliphatic hydroxyl groups is 5. The molecule has 40 heavy (non-hydrogen) atoms. The lowest BCUT2D eigenvalue weighted by Gasteiger charge is -2.25. The molecule has 1 aromatic carbocycles. The molecule has 1 aliphatic heterocycles. The average molecular weight is 578 g/mol. The van der Waals surface area contributed by atoms with Crippen molar-refractivity contribution in [3.8, 4) is 0 Å². The van der Waals surface area contributed by atoms with Crippen LogP contribution in [0.15, 0.2) is 36.4 Å². The van der Waals surface area contributed by atoms with E-state index in [9.17, 15) is 30.0 Å². The van der Waals surface area contributed by atoms with Crippen molar-refractivity contribution in [2.24, 2.45) is 0 Å². The molecule has 3 rings (SSSR count). The van der Waals surface area contributed by atoms with Gasteiger partial charge in [-0.2, -0.15) is 0 Å². The molecular weight excluding hydrogens is 534 g/mol. The summed E-state index contributed by atoms with van der Waals surface area (Å²) < 4.78 is 5.05. The average Bonchev–Trinajstić information content (AvgIpc) is 3.59. The number of ether oxygens (including phenoxy) is 1. The molecule has 0 aliphatic carbocycles. The Morgan fingerprint density at radius 2 is 1.70 bits per heavy atom. The highest BCUT2D eigenvalue weighted by Gasteiger charge is 2.32. The standard InChI is InChI=1S/C30H43NO8S/c1-2-3-4-5-7-20-10-12-22(13-11-20)31-21(14-17-27(31)35)8-6-9-23-15-16-26(40-23)30(38)39-19-25(34)29(37)28(36)24(33)18-32/h10-13,15-16,21,24-25,28-29,32-34,36-37H,2-9,14,17-19H2,1H3/t21-,24+,25+,28+,29+/m0/s1. The van der Waals surface area contributed by atoms with E-state index in [0.29, 0.717) is 11.3 Å². The number of thiophene rings is 1. The predicted octanol–water partition coefficient (Wildman–Crippen LogP) is 2.98. The van der Waals surface area contributed by atoms with Crippen LogP contribution in [0.3, 0.4) is 0 Å². The Kier molecular flexibility index (Phi) is 13.0. The minimum absolute atomic E-state index is 0.153. The fourth-order valence-electron chi connectivity index (χ4n) is 4.98. The van der Waals surface area contributed by atoms with Gasteiger partial charge in [0.2, 0.25) is 5.91 Å². The van der Waals surface area contributed by atoms with Gasteiger partial charge in [0.05, 0.1) is 6.61 Å². The maximum atomic E-state index is 12.7. The first kappa shape index (κ1) is 32.2. The minimum atomic E-state index is -1.79. The van der Waals surface area contributed by atoms with Crippen molar-refractivity contribution in [3.05, 3.63) is 51.7 Å². The molecule has 0 radical (unpaired) electrons. The summed E-state index contributed by atoms with van der Waals surface area (Å²) in [5.41, 5.74) is 2.26. The molecule has 0 unspecified atom stereocenters. The quantitative estimate of drug-likeness (QED) is 0.142. The van der Waals surface area contributed by atoms with Crippen molar-refractivity contribution in [1.29, 1.82) is 0 Å². The molecule has 1 saturated heterocycles. The number of aliphatic hydroxyl groups excluding tert-OH is 5. The van der Waals surface area contributed by atoms with Gasteiger partial charge < -0.3 is 35.2 Å². The summed E-state index contributed by atoms with van der Waals surface area (Å²) in [5, 5.41) is 47.7. The van der Waals surface area contributed by atoms with Gasteiger partial charge in [-0.15, -0.1) is 11.3 Å². The van der Waals surface area contributed by atoms with Gasteiger partial charge in [-0.3, -0.25) is 4.79 Å². The number of amides is 1. The zero-order valence-corrected chi connectivity index (χ0v) is 24.0.